The van der Waals surface area contributed by atoms with Crippen LogP contribution in [0.3, 0.4) is 0 Å². The number of pyridine rings is 1. The second-order valence-electron chi connectivity index (χ2n) is 10.8. The Morgan fingerprint density at radius 2 is 1.85 bits per heavy atom. The normalized spacial score (nSPS) is 17.5. The molecule has 3 heterocycles. The van der Waals surface area contributed by atoms with E-state index in [0.717, 1.165) is 79.5 Å². The summed E-state index contributed by atoms with van der Waals surface area (Å²) < 4.78 is 0. The zero-order valence-electron chi connectivity index (χ0n) is 24.0. The summed E-state index contributed by atoms with van der Waals surface area (Å²) in [7, 11) is 0. The lowest BCUT2D eigenvalue weighted by Crippen LogP contribution is -2.46. The van der Waals surface area contributed by atoms with Crippen molar-refractivity contribution in [1.82, 2.24) is 20.1 Å². The molecule has 8 heteroatoms. The van der Waals surface area contributed by atoms with Crippen LogP contribution >= 0.6 is 0 Å². The second kappa shape index (κ2) is 14.1. The van der Waals surface area contributed by atoms with Gasteiger partial charge in [0, 0.05) is 68.4 Å². The smallest absolute Gasteiger partial charge is 0.200 e. The molecule has 5 rings (SSSR count). The van der Waals surface area contributed by atoms with Gasteiger partial charge in [-0.1, -0.05) is 43.0 Å². The topological polar surface area (TPSA) is 93.8 Å². The molecule has 1 unspecified atom stereocenters. The molecule has 2 aromatic carbocycles. The van der Waals surface area contributed by atoms with E-state index in [9.17, 15) is 0 Å². The highest BCUT2D eigenvalue weighted by molar-refractivity contribution is 5.96. The second-order valence-corrected chi connectivity index (χ2v) is 10.8. The molecule has 1 fully saturated rings. The molecule has 1 atom stereocenters. The largest absolute Gasteiger partial charge is 0.355 e. The Labute approximate surface area is 244 Å². The summed E-state index contributed by atoms with van der Waals surface area (Å²) in [5.74, 6) is 0.698. The first-order chi connectivity index (χ1) is 20.1. The fraction of sp³-hybridized carbons (Fsp3) is 0.333. The SMILES string of the molecule is C=C(Nc1ccc(C)c(NC2=NC(c3cccnc3)C=CN2)c1)c1ccc(CN2CCN(CCCCN)CC2)cc1. The fourth-order valence-corrected chi connectivity index (χ4v) is 5.17. The maximum Gasteiger partial charge on any atom is 0.200 e. The van der Waals surface area contributed by atoms with Crippen LogP contribution in [-0.4, -0.2) is 60.0 Å². The van der Waals surface area contributed by atoms with E-state index < -0.39 is 0 Å². The van der Waals surface area contributed by atoms with Crippen molar-refractivity contribution in [1.29, 1.82) is 0 Å². The van der Waals surface area contributed by atoms with Crippen LogP contribution in [0.1, 0.15) is 41.1 Å². The number of rotatable bonds is 11. The van der Waals surface area contributed by atoms with E-state index in [-0.39, 0.29) is 6.04 Å². The molecule has 214 valence electrons. The van der Waals surface area contributed by atoms with E-state index in [1.807, 2.05) is 30.6 Å². The van der Waals surface area contributed by atoms with Crippen LogP contribution < -0.4 is 21.7 Å². The molecular weight excluding hydrogens is 508 g/mol. The van der Waals surface area contributed by atoms with Gasteiger partial charge >= 0.3 is 0 Å². The summed E-state index contributed by atoms with van der Waals surface area (Å²) in [4.78, 5) is 14.1. The lowest BCUT2D eigenvalue weighted by atomic mass is 10.1. The molecule has 1 aromatic heterocycles. The Bertz CT molecular complexity index is 1340. The summed E-state index contributed by atoms with van der Waals surface area (Å²) in [5.41, 5.74) is 13.0. The molecule has 5 N–H and O–H groups in total. The van der Waals surface area contributed by atoms with Crippen molar-refractivity contribution in [3.05, 3.63) is 108 Å². The number of guanidine groups is 1. The molecule has 0 bridgehead atoms. The monoisotopic (exact) mass is 550 g/mol. The van der Waals surface area contributed by atoms with Crippen molar-refractivity contribution in [3.63, 3.8) is 0 Å². The third kappa shape index (κ3) is 8.04. The number of anilines is 2. The number of unbranched alkanes of at least 4 members (excludes halogenated alkanes) is 1. The number of nitrogens with two attached hydrogens (primary N) is 1. The molecule has 0 saturated carbocycles. The number of aromatic nitrogens is 1. The number of nitrogens with one attached hydrogen (secondary N) is 3. The molecule has 3 aromatic rings. The van der Waals surface area contributed by atoms with Crippen molar-refractivity contribution in [2.75, 3.05) is 49.9 Å². The van der Waals surface area contributed by atoms with E-state index in [1.165, 1.54) is 18.5 Å². The lowest BCUT2D eigenvalue weighted by molar-refractivity contribution is 0.126. The van der Waals surface area contributed by atoms with Gasteiger partial charge in [-0.2, -0.15) is 0 Å². The predicted molar refractivity (Wildman–Crippen MR) is 171 cm³/mol. The first-order valence-corrected chi connectivity index (χ1v) is 14.6. The van der Waals surface area contributed by atoms with Gasteiger partial charge in [-0.3, -0.25) is 9.88 Å². The molecule has 2 aliphatic heterocycles. The molecule has 0 radical (unpaired) electrons. The Kier molecular flexibility index (Phi) is 9.80. The Balaban J connectivity index is 1.14. The minimum Gasteiger partial charge on any atom is -0.355 e. The van der Waals surface area contributed by atoms with Gasteiger partial charge < -0.3 is 26.6 Å². The maximum atomic E-state index is 5.63. The van der Waals surface area contributed by atoms with Crippen molar-refractivity contribution in [3.8, 4) is 0 Å². The van der Waals surface area contributed by atoms with Crippen molar-refractivity contribution >= 4 is 23.0 Å². The zero-order valence-corrected chi connectivity index (χ0v) is 24.0. The van der Waals surface area contributed by atoms with Crippen LogP contribution in [-0.2, 0) is 6.54 Å². The predicted octanol–water partition coefficient (Wildman–Crippen LogP) is 4.96. The van der Waals surface area contributed by atoms with E-state index in [2.05, 4.69) is 86.7 Å². The zero-order chi connectivity index (χ0) is 28.4. The van der Waals surface area contributed by atoms with Crippen molar-refractivity contribution < 1.29 is 0 Å². The van der Waals surface area contributed by atoms with Crippen molar-refractivity contribution in [2.24, 2.45) is 10.7 Å². The molecule has 0 amide bonds. The number of aliphatic imine (C=N–C) groups is 1. The minimum absolute atomic E-state index is 0.0760. The number of hydrogen-bond donors (Lipinski definition) is 4. The molecule has 0 spiro atoms. The van der Waals surface area contributed by atoms with Crippen molar-refractivity contribution in [2.45, 2.75) is 32.4 Å². The highest BCUT2D eigenvalue weighted by Gasteiger charge is 2.17. The molecule has 1 saturated heterocycles. The summed E-state index contributed by atoms with van der Waals surface area (Å²) in [5, 5.41) is 10.1. The highest BCUT2D eigenvalue weighted by Crippen LogP contribution is 2.25. The van der Waals surface area contributed by atoms with E-state index in [4.69, 9.17) is 10.7 Å². The first-order valence-electron chi connectivity index (χ1n) is 14.6. The van der Waals surface area contributed by atoms with Gasteiger partial charge in [0.1, 0.15) is 6.04 Å². The third-order valence-electron chi connectivity index (χ3n) is 7.68. The van der Waals surface area contributed by atoms with Gasteiger partial charge in [-0.05, 0) is 79.4 Å². The number of nitrogens with zero attached hydrogens (tertiary/aromatic N) is 4. The molecule has 8 nitrogen and oxygen atoms in total. The fourth-order valence-electron chi connectivity index (χ4n) is 5.17. The van der Waals surface area contributed by atoms with Crippen LogP contribution in [0, 0.1) is 6.92 Å². The van der Waals surface area contributed by atoms with Crippen LogP contribution in [0.4, 0.5) is 11.4 Å². The molecule has 41 heavy (non-hydrogen) atoms. The Morgan fingerprint density at radius 1 is 1.05 bits per heavy atom. The van der Waals surface area contributed by atoms with Gasteiger partial charge in [-0.15, -0.1) is 0 Å². The summed E-state index contributed by atoms with van der Waals surface area (Å²) >= 11 is 0. The Morgan fingerprint density at radius 3 is 2.61 bits per heavy atom. The lowest BCUT2D eigenvalue weighted by Gasteiger charge is -2.34. The first kappa shape index (κ1) is 28.5. The van der Waals surface area contributed by atoms with E-state index >= 15 is 0 Å². The van der Waals surface area contributed by atoms with Crippen LogP contribution in [0.5, 0.6) is 0 Å². The quantitative estimate of drug-likeness (QED) is 0.251. The number of piperazine rings is 1. The minimum atomic E-state index is -0.0760. The number of benzene rings is 2. The molecule has 2 aliphatic rings. The van der Waals surface area contributed by atoms with E-state index in [1.54, 1.807) is 6.20 Å². The van der Waals surface area contributed by atoms with Gasteiger partial charge in [0.25, 0.3) is 0 Å². The summed E-state index contributed by atoms with van der Waals surface area (Å²) in [6.07, 6.45) is 9.88. The van der Waals surface area contributed by atoms with Gasteiger partial charge in [0.15, 0.2) is 0 Å². The van der Waals surface area contributed by atoms with Gasteiger partial charge in [-0.25, -0.2) is 4.99 Å². The van der Waals surface area contributed by atoms with Gasteiger partial charge in [0.2, 0.25) is 5.96 Å². The standard InChI is InChI=1S/C33H42N8/c1-25-7-12-30(22-32(25)39-33-36-16-13-31(38-33)29-6-5-15-35-23-29)37-26(2)28-10-8-27(9-11-28)24-41-20-18-40(19-21-41)17-4-3-14-34/h5-13,15-16,22-23,31,37H,2-4,14,17-21,24,34H2,1H3,(H2,36,38,39). The number of hydrogen-bond acceptors (Lipinski definition) is 8. The molecule has 0 aliphatic carbocycles. The highest BCUT2D eigenvalue weighted by atomic mass is 15.3. The maximum absolute atomic E-state index is 5.63. The summed E-state index contributed by atoms with van der Waals surface area (Å²) in [6.45, 7) is 13.9. The average Bonchev–Trinajstić information content (AvgIpc) is 3.01. The van der Waals surface area contributed by atoms with E-state index in [0.29, 0.717) is 5.96 Å². The molecular formula is C33H42N8. The van der Waals surface area contributed by atoms with Crippen LogP contribution in [0.25, 0.3) is 5.70 Å². The number of aryl methyl sites for hydroxylation is 1. The average molecular weight is 551 g/mol. The van der Waals surface area contributed by atoms with Crippen LogP contribution in [0.2, 0.25) is 0 Å². The van der Waals surface area contributed by atoms with Gasteiger partial charge in [0.05, 0.1) is 0 Å². The Hall–Kier alpha value is -3.98. The third-order valence-corrected chi connectivity index (χ3v) is 7.68. The summed E-state index contributed by atoms with van der Waals surface area (Å²) in [6, 6.07) is 18.9. The van der Waals surface area contributed by atoms with Crippen LogP contribution in [0.15, 0.2) is 90.8 Å².